The molecule has 1 N–H and O–H groups in total. The Morgan fingerprint density at radius 2 is 2.00 bits per heavy atom. The Morgan fingerprint density at radius 1 is 1.39 bits per heavy atom. The van der Waals surface area contributed by atoms with Crippen molar-refractivity contribution in [1.82, 2.24) is 10.2 Å². The highest BCUT2D eigenvalue weighted by atomic mass is 16.2. The number of urea groups is 1. The summed E-state index contributed by atoms with van der Waals surface area (Å²) in [6.07, 6.45) is 5.00. The van der Waals surface area contributed by atoms with Gasteiger partial charge in [-0.25, -0.2) is 4.79 Å². The second-order valence-corrected chi connectivity index (χ2v) is 5.10. The number of hydrogen-bond acceptors (Lipinski definition) is 3. The molecule has 1 saturated carbocycles. The van der Waals surface area contributed by atoms with Gasteiger partial charge in [-0.15, -0.1) is 6.58 Å². The van der Waals surface area contributed by atoms with Crippen LogP contribution >= 0.6 is 0 Å². The van der Waals surface area contributed by atoms with Gasteiger partial charge < -0.3 is 0 Å². The molecule has 1 atom stereocenters. The number of carbonyl (C=O) groups excluding carboxylic acids is 3. The van der Waals surface area contributed by atoms with Crippen LogP contribution in [0.15, 0.2) is 12.7 Å². The van der Waals surface area contributed by atoms with Gasteiger partial charge in [-0.3, -0.25) is 19.8 Å². The Labute approximate surface area is 106 Å². The van der Waals surface area contributed by atoms with Crippen LogP contribution < -0.4 is 5.32 Å². The highest BCUT2D eigenvalue weighted by molar-refractivity contribution is 6.19. The van der Waals surface area contributed by atoms with Crippen LogP contribution in [0.5, 0.6) is 0 Å². The fourth-order valence-electron chi connectivity index (χ4n) is 2.86. The van der Waals surface area contributed by atoms with E-state index in [0.29, 0.717) is 19.3 Å². The molecule has 1 heterocycles. The minimum absolute atomic E-state index is 0.263. The van der Waals surface area contributed by atoms with E-state index in [1.165, 1.54) is 4.90 Å². The Bertz CT molecular complexity index is 410. The van der Waals surface area contributed by atoms with Crippen LogP contribution in [0.1, 0.15) is 39.0 Å². The third kappa shape index (κ3) is 1.74. The van der Waals surface area contributed by atoms with E-state index in [2.05, 4.69) is 11.9 Å². The van der Waals surface area contributed by atoms with E-state index >= 15 is 0 Å². The highest BCUT2D eigenvalue weighted by Gasteiger charge is 2.55. The monoisotopic (exact) mass is 250 g/mol. The second-order valence-electron chi connectivity index (χ2n) is 5.10. The van der Waals surface area contributed by atoms with E-state index in [-0.39, 0.29) is 11.9 Å². The van der Waals surface area contributed by atoms with Gasteiger partial charge in [-0.05, 0) is 26.2 Å². The van der Waals surface area contributed by atoms with Crippen LogP contribution in [0.2, 0.25) is 0 Å². The number of hydrogen-bond donors (Lipinski definition) is 1. The number of rotatable bonds is 3. The van der Waals surface area contributed by atoms with Crippen LogP contribution in [-0.2, 0) is 9.59 Å². The van der Waals surface area contributed by atoms with Gasteiger partial charge in [0.2, 0.25) is 11.8 Å². The van der Waals surface area contributed by atoms with E-state index in [1.807, 2.05) is 0 Å². The minimum atomic E-state index is -0.997. The van der Waals surface area contributed by atoms with Crippen molar-refractivity contribution in [3.05, 3.63) is 12.7 Å². The van der Waals surface area contributed by atoms with E-state index in [4.69, 9.17) is 0 Å². The van der Waals surface area contributed by atoms with Crippen molar-refractivity contribution in [2.75, 3.05) is 0 Å². The summed E-state index contributed by atoms with van der Waals surface area (Å²) >= 11 is 0. The van der Waals surface area contributed by atoms with Crippen LogP contribution in [-0.4, -0.2) is 28.8 Å². The maximum Gasteiger partial charge on any atom is 0.331 e. The van der Waals surface area contributed by atoms with Crippen molar-refractivity contribution in [3.8, 4) is 0 Å². The van der Waals surface area contributed by atoms with Gasteiger partial charge in [0.25, 0.3) is 0 Å². The Kier molecular flexibility index (Phi) is 3.24. The summed E-state index contributed by atoms with van der Waals surface area (Å²) in [6.45, 7) is 5.40. The lowest BCUT2D eigenvalue weighted by molar-refractivity contribution is -0.152. The van der Waals surface area contributed by atoms with Gasteiger partial charge in [0.05, 0.1) is 0 Å². The van der Waals surface area contributed by atoms with Gasteiger partial charge in [0, 0.05) is 6.04 Å². The number of imide groups is 2. The highest BCUT2D eigenvalue weighted by Crippen LogP contribution is 2.42. The molecule has 2 fully saturated rings. The van der Waals surface area contributed by atoms with Crippen LogP contribution in [0, 0.1) is 5.41 Å². The summed E-state index contributed by atoms with van der Waals surface area (Å²) in [7, 11) is 0. The first-order valence-corrected chi connectivity index (χ1v) is 6.33. The number of carbonyl (C=O) groups is 3. The molecule has 2 aliphatic rings. The molecule has 0 aromatic rings. The van der Waals surface area contributed by atoms with Crippen molar-refractivity contribution in [1.29, 1.82) is 0 Å². The van der Waals surface area contributed by atoms with Gasteiger partial charge in [0.15, 0.2) is 0 Å². The molecular formula is C13H18N2O3. The third-order valence-corrected chi connectivity index (χ3v) is 3.91. The molecule has 1 unspecified atom stereocenters. The molecule has 5 heteroatoms. The molecule has 4 amide bonds. The summed E-state index contributed by atoms with van der Waals surface area (Å²) in [5.41, 5.74) is -0.997. The first-order chi connectivity index (χ1) is 8.53. The van der Waals surface area contributed by atoms with Crippen LogP contribution in [0.4, 0.5) is 4.79 Å². The summed E-state index contributed by atoms with van der Waals surface area (Å²) in [5.74, 6) is -0.750. The lowest BCUT2D eigenvalue weighted by Crippen LogP contribution is -2.64. The molecular weight excluding hydrogens is 232 g/mol. The minimum Gasteiger partial charge on any atom is -0.277 e. The van der Waals surface area contributed by atoms with Gasteiger partial charge >= 0.3 is 6.03 Å². The largest absolute Gasteiger partial charge is 0.331 e. The average molecular weight is 250 g/mol. The van der Waals surface area contributed by atoms with E-state index in [9.17, 15) is 14.4 Å². The maximum absolute atomic E-state index is 12.5. The smallest absolute Gasteiger partial charge is 0.277 e. The zero-order valence-electron chi connectivity index (χ0n) is 10.6. The Hall–Kier alpha value is -1.65. The van der Waals surface area contributed by atoms with Gasteiger partial charge in [0.1, 0.15) is 5.41 Å². The SMILES string of the molecule is C=CCC(C)N1C(=O)NC(=O)C2(CCCC2)C1=O. The summed E-state index contributed by atoms with van der Waals surface area (Å²) < 4.78 is 0. The molecule has 98 valence electrons. The van der Waals surface area contributed by atoms with Crippen molar-refractivity contribution >= 4 is 17.8 Å². The molecule has 1 spiro atoms. The van der Waals surface area contributed by atoms with E-state index in [1.54, 1.807) is 13.0 Å². The topological polar surface area (TPSA) is 66.5 Å². The fraction of sp³-hybridized carbons (Fsp3) is 0.615. The summed E-state index contributed by atoms with van der Waals surface area (Å²) in [4.78, 5) is 37.5. The van der Waals surface area contributed by atoms with Crippen molar-refractivity contribution in [2.45, 2.75) is 45.1 Å². The first-order valence-electron chi connectivity index (χ1n) is 6.33. The summed E-state index contributed by atoms with van der Waals surface area (Å²) in [6, 6.07) is -0.863. The zero-order chi connectivity index (χ0) is 13.3. The standard InChI is InChI=1S/C13H18N2O3/c1-3-6-9(2)15-11(17)13(7-4-5-8-13)10(16)14-12(15)18/h3,9H,1,4-8H2,2H3,(H,14,16,18). The molecule has 1 aliphatic carbocycles. The fourth-order valence-corrected chi connectivity index (χ4v) is 2.86. The van der Waals surface area contributed by atoms with Crippen molar-refractivity contribution < 1.29 is 14.4 Å². The van der Waals surface area contributed by atoms with Crippen molar-refractivity contribution in [3.63, 3.8) is 0 Å². The molecule has 1 aliphatic heterocycles. The van der Waals surface area contributed by atoms with Gasteiger partial charge in [-0.1, -0.05) is 18.9 Å². The lowest BCUT2D eigenvalue weighted by Gasteiger charge is -2.39. The van der Waals surface area contributed by atoms with E-state index < -0.39 is 17.4 Å². The number of barbiturate groups is 1. The average Bonchev–Trinajstić information content (AvgIpc) is 2.77. The molecule has 5 nitrogen and oxygen atoms in total. The lowest BCUT2D eigenvalue weighted by atomic mass is 9.81. The number of amides is 4. The number of nitrogens with one attached hydrogen (secondary N) is 1. The third-order valence-electron chi connectivity index (χ3n) is 3.91. The Balaban J connectivity index is 2.31. The van der Waals surface area contributed by atoms with Crippen LogP contribution in [0.25, 0.3) is 0 Å². The zero-order valence-corrected chi connectivity index (χ0v) is 10.6. The predicted molar refractivity (Wildman–Crippen MR) is 65.6 cm³/mol. The van der Waals surface area contributed by atoms with Crippen molar-refractivity contribution in [2.24, 2.45) is 5.41 Å². The molecule has 0 aromatic carbocycles. The quantitative estimate of drug-likeness (QED) is 0.611. The van der Waals surface area contributed by atoms with Crippen LogP contribution in [0.3, 0.4) is 0 Å². The molecule has 2 rings (SSSR count). The molecule has 1 saturated heterocycles. The second kappa shape index (κ2) is 4.55. The first kappa shape index (κ1) is 12.8. The Morgan fingerprint density at radius 3 is 2.56 bits per heavy atom. The normalized spacial score (nSPS) is 24.3. The molecule has 0 radical (unpaired) electrons. The van der Waals surface area contributed by atoms with E-state index in [0.717, 1.165) is 12.8 Å². The maximum atomic E-state index is 12.5. The van der Waals surface area contributed by atoms with Gasteiger partial charge in [-0.2, -0.15) is 0 Å². The molecule has 0 bridgehead atoms. The number of nitrogens with zero attached hydrogens (tertiary/aromatic N) is 1. The summed E-state index contributed by atoms with van der Waals surface area (Å²) in [5, 5.41) is 2.32. The molecule has 18 heavy (non-hydrogen) atoms. The molecule has 0 aromatic heterocycles. The predicted octanol–water partition coefficient (Wildman–Crippen LogP) is 1.59.